The predicted molar refractivity (Wildman–Crippen MR) is 211 cm³/mol. The zero-order valence-electron chi connectivity index (χ0n) is 35.8. The number of benzene rings is 1. The van der Waals surface area contributed by atoms with Crippen LogP contribution < -0.4 is 16.0 Å². The minimum atomic E-state index is -0.924. The van der Waals surface area contributed by atoms with E-state index in [2.05, 4.69) is 16.0 Å². The molecule has 12 nitrogen and oxygen atoms in total. The van der Waals surface area contributed by atoms with Gasteiger partial charge in [0.15, 0.2) is 0 Å². The topological polar surface area (TPSA) is 133 Å². The molecule has 0 saturated carbocycles. The van der Waals surface area contributed by atoms with Crippen LogP contribution in [0.3, 0.4) is 0 Å². The van der Waals surface area contributed by atoms with Crippen LogP contribution in [0.2, 0.25) is 0 Å². The molecule has 1 heterocycles. The first kappa shape index (κ1) is 48.0. The number of halogens is 2. The molecular formula is C41H70F2N6O6. The van der Waals surface area contributed by atoms with Gasteiger partial charge in [0.25, 0.3) is 0 Å². The summed E-state index contributed by atoms with van der Waals surface area (Å²) in [7, 11) is 10.3. The van der Waals surface area contributed by atoms with Gasteiger partial charge in [0.05, 0.1) is 42.2 Å². The second-order valence-electron chi connectivity index (χ2n) is 16.4. The Morgan fingerprint density at radius 3 is 2.04 bits per heavy atom. The molecule has 1 aromatic carbocycles. The van der Waals surface area contributed by atoms with E-state index < -0.39 is 53.4 Å². The zero-order valence-corrected chi connectivity index (χ0v) is 35.8. The van der Waals surface area contributed by atoms with Crippen LogP contribution in [0.1, 0.15) is 80.2 Å². The van der Waals surface area contributed by atoms with Crippen molar-refractivity contribution in [1.29, 1.82) is 0 Å². The summed E-state index contributed by atoms with van der Waals surface area (Å²) >= 11 is 0. The van der Waals surface area contributed by atoms with E-state index in [-0.39, 0.29) is 72.4 Å². The molecule has 0 aliphatic carbocycles. The molecule has 0 bridgehead atoms. The number of hydrogen-bond acceptors (Lipinski definition) is 8. The van der Waals surface area contributed by atoms with Crippen LogP contribution >= 0.6 is 0 Å². The van der Waals surface area contributed by atoms with Crippen LogP contribution in [0.15, 0.2) is 18.2 Å². The Bertz CT molecular complexity index is 1400. The van der Waals surface area contributed by atoms with Crippen molar-refractivity contribution in [2.24, 2.45) is 23.7 Å². The maximum atomic E-state index is 14.5. The quantitative estimate of drug-likeness (QED) is 0.172. The summed E-state index contributed by atoms with van der Waals surface area (Å²) < 4.78 is 40.5. The third-order valence-electron chi connectivity index (χ3n) is 11.6. The maximum Gasteiger partial charge on any atom is 0.245 e. The number of hydrogen-bond donors (Lipinski definition) is 3. The molecule has 1 aromatic rings. The summed E-state index contributed by atoms with van der Waals surface area (Å²) in [5.74, 6) is -3.38. The van der Waals surface area contributed by atoms with Gasteiger partial charge < -0.3 is 35.2 Å². The van der Waals surface area contributed by atoms with Crippen molar-refractivity contribution < 1.29 is 37.4 Å². The van der Waals surface area contributed by atoms with E-state index in [0.29, 0.717) is 19.4 Å². The number of carbonyl (C=O) groups excluding carboxylic acids is 4. The summed E-state index contributed by atoms with van der Waals surface area (Å²) in [6.07, 6.45) is -0.294. The van der Waals surface area contributed by atoms with Gasteiger partial charge in [-0.2, -0.15) is 0 Å². The second kappa shape index (κ2) is 21.4. The number of carbonyl (C=O) groups is 4. The average Bonchev–Trinajstić information content (AvgIpc) is 3.47. The fourth-order valence-corrected chi connectivity index (χ4v) is 8.45. The highest BCUT2D eigenvalue weighted by Gasteiger charge is 2.53. The van der Waals surface area contributed by atoms with Crippen LogP contribution in [-0.2, 0) is 35.1 Å². The molecule has 1 aliphatic rings. The Balaban J connectivity index is 2.36. The monoisotopic (exact) mass is 781 g/mol. The number of likely N-dealkylation sites (N-methyl/N-ethyl adjacent to an activating group) is 3. The van der Waals surface area contributed by atoms with E-state index in [4.69, 9.17) is 9.47 Å². The smallest absolute Gasteiger partial charge is 0.245 e. The van der Waals surface area contributed by atoms with Gasteiger partial charge >= 0.3 is 0 Å². The van der Waals surface area contributed by atoms with E-state index in [0.717, 1.165) is 0 Å². The van der Waals surface area contributed by atoms with Gasteiger partial charge in [0.2, 0.25) is 23.6 Å². The molecule has 9 atom stereocenters. The van der Waals surface area contributed by atoms with Gasteiger partial charge in [-0.05, 0) is 70.8 Å². The fraction of sp³-hybridized carbons (Fsp3) is 0.756. The lowest BCUT2D eigenvalue weighted by molar-refractivity contribution is -0.152. The molecule has 0 spiro atoms. The van der Waals surface area contributed by atoms with Crippen LogP contribution in [0, 0.1) is 35.3 Å². The normalized spacial score (nSPS) is 21.2. The highest BCUT2D eigenvalue weighted by atomic mass is 19.1. The average molecular weight is 781 g/mol. The molecule has 1 aliphatic heterocycles. The largest absolute Gasteiger partial charge is 0.379 e. The van der Waals surface area contributed by atoms with Gasteiger partial charge in [0, 0.05) is 46.0 Å². The Labute approximate surface area is 328 Å². The molecule has 2 rings (SSSR count). The fourth-order valence-electron chi connectivity index (χ4n) is 8.45. The first-order valence-corrected chi connectivity index (χ1v) is 19.7. The summed E-state index contributed by atoms with van der Waals surface area (Å²) in [5.41, 5.74) is -1.02. The number of nitrogens with zero attached hydrogens (tertiary/aromatic N) is 3. The lowest BCUT2D eigenvalue weighted by atomic mass is 9.82. The molecule has 3 N–H and O–H groups in total. The van der Waals surface area contributed by atoms with Crippen LogP contribution in [0.25, 0.3) is 0 Å². The Morgan fingerprint density at radius 2 is 1.56 bits per heavy atom. The predicted octanol–water partition coefficient (Wildman–Crippen LogP) is 3.86. The highest BCUT2D eigenvalue weighted by Crippen LogP contribution is 2.38. The third-order valence-corrected chi connectivity index (χ3v) is 11.6. The van der Waals surface area contributed by atoms with Crippen molar-refractivity contribution in [3.63, 3.8) is 0 Å². The lowest BCUT2D eigenvalue weighted by Crippen LogP contribution is -2.60. The number of nitrogens with one attached hydrogen (secondary N) is 3. The lowest BCUT2D eigenvalue weighted by Gasteiger charge is -2.44. The number of methoxy groups -OCH3 is 2. The van der Waals surface area contributed by atoms with E-state index in [1.54, 1.807) is 23.8 Å². The van der Waals surface area contributed by atoms with Crippen molar-refractivity contribution in [2.75, 3.05) is 55.5 Å². The zero-order chi connectivity index (χ0) is 41.9. The Kier molecular flexibility index (Phi) is 18.6. The molecule has 14 heteroatoms. The second-order valence-corrected chi connectivity index (χ2v) is 16.4. The van der Waals surface area contributed by atoms with Gasteiger partial charge in [-0.3, -0.25) is 24.1 Å². The molecule has 55 heavy (non-hydrogen) atoms. The van der Waals surface area contributed by atoms with E-state index >= 15 is 0 Å². The molecule has 0 aromatic heterocycles. The van der Waals surface area contributed by atoms with Crippen molar-refractivity contribution >= 4 is 23.6 Å². The Morgan fingerprint density at radius 1 is 0.964 bits per heavy atom. The van der Waals surface area contributed by atoms with Crippen molar-refractivity contribution in [3.8, 4) is 0 Å². The number of amides is 4. The SMILES string of the molecule is CCC(C)[C@@H]([C@@H](CC(=O)N1C[C@@H](NC)C[C@@]1(C)[C@H](OC)[C@@H](C)C(=O)NCCc1c(F)cccc1F)OC)N(C)C(=O)[C@@H](NC(=O)[C@H](C(C)C)N(C)C)C(C)C. The molecule has 1 fully saturated rings. The molecular weight excluding hydrogens is 710 g/mol. The molecule has 0 radical (unpaired) electrons. The van der Waals surface area contributed by atoms with Gasteiger partial charge in [0.1, 0.15) is 17.7 Å². The Hall–Kier alpha value is -3.20. The first-order valence-electron chi connectivity index (χ1n) is 19.7. The number of likely N-dealkylation sites (tertiary alicyclic amines) is 1. The minimum Gasteiger partial charge on any atom is -0.379 e. The van der Waals surface area contributed by atoms with Crippen LogP contribution in [0.4, 0.5) is 8.78 Å². The summed E-state index contributed by atoms with van der Waals surface area (Å²) in [4.78, 5) is 61.0. The standard InChI is InChI=1S/C41H70F2N6O6/c1-15-26(6)36(48(12)40(53)34(24(2)3)46-39(52)35(25(4)5)47(10)11)32(54-13)21-33(50)49-23-28(44-9)22-41(49,8)37(55-14)27(7)38(51)45-20-19-29-30(42)17-16-18-31(29)43/h16-18,24-28,32,34-37,44H,15,19-23H2,1-14H3,(H,45,51)(H,46,52)/t26?,27-,28+,32-,34+,35+,36+,37-,41+/m1/s1. The number of ether oxygens (including phenoxy) is 2. The van der Waals surface area contributed by atoms with Crippen molar-refractivity contribution in [3.05, 3.63) is 35.4 Å². The summed E-state index contributed by atoms with van der Waals surface area (Å²) in [6.45, 7) is 15.8. The van der Waals surface area contributed by atoms with Gasteiger partial charge in [-0.25, -0.2) is 8.78 Å². The van der Waals surface area contributed by atoms with Gasteiger partial charge in [-0.15, -0.1) is 0 Å². The van der Waals surface area contributed by atoms with Crippen molar-refractivity contribution in [2.45, 2.75) is 123 Å². The van der Waals surface area contributed by atoms with Crippen LogP contribution in [-0.4, -0.2) is 136 Å². The molecule has 314 valence electrons. The molecule has 1 unspecified atom stereocenters. The highest BCUT2D eigenvalue weighted by molar-refractivity contribution is 5.90. The summed E-state index contributed by atoms with van der Waals surface area (Å²) in [5, 5.41) is 9.10. The maximum absolute atomic E-state index is 14.5. The van der Waals surface area contributed by atoms with E-state index in [1.807, 2.05) is 74.5 Å². The van der Waals surface area contributed by atoms with E-state index in [1.165, 1.54) is 32.4 Å². The van der Waals surface area contributed by atoms with Crippen molar-refractivity contribution in [1.82, 2.24) is 30.7 Å². The molecule has 4 amide bonds. The first-order chi connectivity index (χ1) is 25.7. The summed E-state index contributed by atoms with van der Waals surface area (Å²) in [6, 6.07) is 1.85. The minimum absolute atomic E-state index is 0.0179. The van der Waals surface area contributed by atoms with E-state index in [9.17, 15) is 28.0 Å². The van der Waals surface area contributed by atoms with Gasteiger partial charge in [-0.1, -0.05) is 61.0 Å². The molecule has 1 saturated heterocycles. The van der Waals surface area contributed by atoms with Crippen LogP contribution in [0.5, 0.6) is 0 Å². The number of rotatable bonds is 21. The third kappa shape index (κ3) is 11.7.